The number of aromatic nitrogens is 1. The van der Waals surface area contributed by atoms with Gasteiger partial charge in [-0.15, -0.1) is 0 Å². The Labute approximate surface area is 158 Å². The Morgan fingerprint density at radius 1 is 1.04 bits per heavy atom. The predicted octanol–water partition coefficient (Wildman–Crippen LogP) is 4.21. The van der Waals surface area contributed by atoms with Gasteiger partial charge in [0.15, 0.2) is 6.61 Å². The van der Waals surface area contributed by atoms with Crippen LogP contribution in [0.1, 0.15) is 34.1 Å². The zero-order chi connectivity index (χ0) is 19.4. The minimum atomic E-state index is -0.540. The molecule has 27 heavy (non-hydrogen) atoms. The van der Waals surface area contributed by atoms with Crippen molar-refractivity contribution in [2.75, 3.05) is 11.9 Å². The summed E-state index contributed by atoms with van der Waals surface area (Å²) in [5.74, 6) is -0.907. The van der Waals surface area contributed by atoms with Gasteiger partial charge >= 0.3 is 5.97 Å². The van der Waals surface area contributed by atoms with E-state index in [1.54, 1.807) is 6.92 Å². The first-order valence-electron chi connectivity index (χ1n) is 8.92. The summed E-state index contributed by atoms with van der Waals surface area (Å²) in [6.07, 6.45) is 0.803. The summed E-state index contributed by atoms with van der Waals surface area (Å²) in [6, 6.07) is 15.2. The van der Waals surface area contributed by atoms with Gasteiger partial charge < -0.3 is 10.1 Å². The number of hydrogen-bond donors (Lipinski definition) is 1. The van der Waals surface area contributed by atoms with Gasteiger partial charge in [0, 0.05) is 11.1 Å². The van der Waals surface area contributed by atoms with Crippen LogP contribution in [-0.4, -0.2) is 23.5 Å². The largest absolute Gasteiger partial charge is 0.452 e. The number of ether oxygens (including phenoxy) is 1. The molecule has 1 N–H and O–H groups in total. The van der Waals surface area contributed by atoms with E-state index in [0.29, 0.717) is 11.3 Å². The Morgan fingerprint density at radius 3 is 2.52 bits per heavy atom. The number of hydrogen-bond acceptors (Lipinski definition) is 4. The minimum absolute atomic E-state index is 0.345. The van der Waals surface area contributed by atoms with Crippen molar-refractivity contribution in [3.8, 4) is 0 Å². The number of benzene rings is 2. The molecule has 0 fully saturated rings. The molecule has 5 heteroatoms. The van der Waals surface area contributed by atoms with Crippen molar-refractivity contribution in [1.82, 2.24) is 4.98 Å². The number of aryl methyl sites for hydroxylation is 3. The molecule has 0 unspecified atom stereocenters. The summed E-state index contributed by atoms with van der Waals surface area (Å²) in [5.41, 5.74) is 4.41. The van der Waals surface area contributed by atoms with Crippen molar-refractivity contribution in [2.45, 2.75) is 27.2 Å². The highest BCUT2D eigenvalue weighted by molar-refractivity contribution is 6.00. The fourth-order valence-corrected chi connectivity index (χ4v) is 3.17. The van der Waals surface area contributed by atoms with Gasteiger partial charge in [-0.2, -0.15) is 0 Å². The smallest absolute Gasteiger partial charge is 0.340 e. The van der Waals surface area contributed by atoms with Gasteiger partial charge in [0.25, 0.3) is 5.91 Å². The van der Waals surface area contributed by atoms with E-state index < -0.39 is 5.97 Å². The third-order valence-electron chi connectivity index (χ3n) is 4.54. The molecule has 0 atom stereocenters. The highest BCUT2D eigenvalue weighted by Gasteiger charge is 2.19. The zero-order valence-corrected chi connectivity index (χ0v) is 15.7. The van der Waals surface area contributed by atoms with Crippen LogP contribution < -0.4 is 5.32 Å². The number of carbonyl (C=O) groups is 2. The van der Waals surface area contributed by atoms with E-state index in [1.165, 1.54) is 0 Å². The number of pyridine rings is 1. The molecule has 2 aromatic carbocycles. The van der Waals surface area contributed by atoms with E-state index in [2.05, 4.69) is 10.3 Å². The topological polar surface area (TPSA) is 68.3 Å². The Balaban J connectivity index is 1.72. The van der Waals surface area contributed by atoms with E-state index in [4.69, 9.17) is 4.74 Å². The summed E-state index contributed by atoms with van der Waals surface area (Å²) < 4.78 is 5.26. The van der Waals surface area contributed by atoms with Crippen LogP contribution in [0.15, 0.2) is 48.5 Å². The number of carbonyl (C=O) groups excluding carboxylic acids is 2. The predicted molar refractivity (Wildman–Crippen MR) is 106 cm³/mol. The fraction of sp³-hybridized carbons (Fsp3) is 0.227. The summed E-state index contributed by atoms with van der Waals surface area (Å²) in [6.45, 7) is 5.31. The molecule has 0 aliphatic carbocycles. The molecule has 5 nitrogen and oxygen atoms in total. The monoisotopic (exact) mass is 362 g/mol. The van der Waals surface area contributed by atoms with Crippen LogP contribution in [0.3, 0.4) is 0 Å². The van der Waals surface area contributed by atoms with Gasteiger partial charge in [0.1, 0.15) is 0 Å². The summed E-state index contributed by atoms with van der Waals surface area (Å²) in [7, 11) is 0. The molecule has 0 bridgehead atoms. The average molecular weight is 362 g/mol. The Kier molecular flexibility index (Phi) is 5.50. The van der Waals surface area contributed by atoms with Crippen molar-refractivity contribution < 1.29 is 14.3 Å². The van der Waals surface area contributed by atoms with Gasteiger partial charge in [-0.25, -0.2) is 4.79 Å². The maximum Gasteiger partial charge on any atom is 0.340 e. The molecular formula is C22H22N2O3. The van der Waals surface area contributed by atoms with Crippen molar-refractivity contribution in [3.63, 3.8) is 0 Å². The van der Waals surface area contributed by atoms with Crippen LogP contribution in [0.5, 0.6) is 0 Å². The Bertz CT molecular complexity index is 1010. The molecule has 3 aromatic rings. The van der Waals surface area contributed by atoms with Crippen molar-refractivity contribution in [2.24, 2.45) is 0 Å². The highest BCUT2D eigenvalue weighted by Crippen LogP contribution is 2.23. The van der Waals surface area contributed by atoms with Gasteiger partial charge in [-0.3, -0.25) is 9.78 Å². The maximum atomic E-state index is 12.6. The lowest BCUT2D eigenvalue weighted by atomic mass is 10.0. The summed E-state index contributed by atoms with van der Waals surface area (Å²) in [5, 5.41) is 3.69. The number of nitrogens with zero attached hydrogens (tertiary/aromatic N) is 1. The van der Waals surface area contributed by atoms with Crippen LogP contribution in [0, 0.1) is 13.8 Å². The second-order valence-corrected chi connectivity index (χ2v) is 6.35. The first-order chi connectivity index (χ1) is 13.0. The quantitative estimate of drug-likeness (QED) is 0.691. The Hall–Kier alpha value is -3.21. The van der Waals surface area contributed by atoms with Gasteiger partial charge in [-0.1, -0.05) is 43.3 Å². The highest BCUT2D eigenvalue weighted by atomic mass is 16.5. The maximum absolute atomic E-state index is 12.6. The minimum Gasteiger partial charge on any atom is -0.452 e. The third kappa shape index (κ3) is 3.97. The van der Waals surface area contributed by atoms with E-state index in [9.17, 15) is 9.59 Å². The van der Waals surface area contributed by atoms with Crippen molar-refractivity contribution in [3.05, 3.63) is 70.9 Å². The number of esters is 1. The summed E-state index contributed by atoms with van der Waals surface area (Å²) in [4.78, 5) is 29.2. The SMILES string of the molecule is CCc1ccccc1NC(=O)COC(=O)c1c(C)nc2ccccc2c1C. The van der Waals surface area contributed by atoms with Crippen LogP contribution in [0.4, 0.5) is 5.69 Å². The second kappa shape index (κ2) is 7.99. The van der Waals surface area contributed by atoms with E-state index in [1.807, 2.05) is 62.4 Å². The Morgan fingerprint density at radius 2 is 1.74 bits per heavy atom. The molecule has 0 aliphatic heterocycles. The standard InChI is InChI=1S/C22H22N2O3/c1-4-16-9-5-7-11-18(16)24-20(25)13-27-22(26)21-14(2)17-10-6-8-12-19(17)23-15(21)3/h5-12H,4,13H2,1-3H3,(H,24,25). The van der Waals surface area contributed by atoms with Crippen LogP contribution >= 0.6 is 0 Å². The molecule has 0 spiro atoms. The number of anilines is 1. The molecule has 0 radical (unpaired) electrons. The molecule has 1 heterocycles. The average Bonchev–Trinajstić information content (AvgIpc) is 2.67. The molecule has 0 aliphatic rings. The van der Waals surface area contributed by atoms with Gasteiger partial charge in [-0.05, 0) is 43.5 Å². The molecule has 1 aromatic heterocycles. The lowest BCUT2D eigenvalue weighted by Gasteiger charge is -2.13. The molecule has 3 rings (SSSR count). The van der Waals surface area contributed by atoms with E-state index in [-0.39, 0.29) is 12.5 Å². The number of para-hydroxylation sites is 2. The molecule has 138 valence electrons. The van der Waals surface area contributed by atoms with Gasteiger partial charge in [0.05, 0.1) is 16.8 Å². The second-order valence-electron chi connectivity index (χ2n) is 6.35. The first kappa shape index (κ1) is 18.6. The van der Waals surface area contributed by atoms with Crippen molar-refractivity contribution in [1.29, 1.82) is 0 Å². The summed E-state index contributed by atoms with van der Waals surface area (Å²) >= 11 is 0. The molecule has 1 amide bonds. The molecule has 0 saturated heterocycles. The number of rotatable bonds is 5. The molecular weight excluding hydrogens is 340 g/mol. The lowest BCUT2D eigenvalue weighted by Crippen LogP contribution is -2.22. The van der Waals surface area contributed by atoms with E-state index in [0.717, 1.165) is 34.1 Å². The third-order valence-corrected chi connectivity index (χ3v) is 4.54. The fourth-order valence-electron chi connectivity index (χ4n) is 3.17. The van der Waals surface area contributed by atoms with E-state index >= 15 is 0 Å². The lowest BCUT2D eigenvalue weighted by molar-refractivity contribution is -0.119. The normalized spacial score (nSPS) is 10.6. The number of fused-ring (bicyclic) bond motifs is 1. The van der Waals surface area contributed by atoms with Crippen LogP contribution in [0.25, 0.3) is 10.9 Å². The number of amides is 1. The van der Waals surface area contributed by atoms with Crippen LogP contribution in [-0.2, 0) is 16.0 Å². The van der Waals surface area contributed by atoms with Gasteiger partial charge in [0.2, 0.25) is 0 Å². The van der Waals surface area contributed by atoms with Crippen molar-refractivity contribution >= 4 is 28.5 Å². The zero-order valence-electron chi connectivity index (χ0n) is 15.7. The molecule has 0 saturated carbocycles. The van der Waals surface area contributed by atoms with Crippen LogP contribution in [0.2, 0.25) is 0 Å². The number of nitrogens with one attached hydrogen (secondary N) is 1. The first-order valence-corrected chi connectivity index (χ1v) is 8.92.